The lowest BCUT2D eigenvalue weighted by Crippen LogP contribution is -2.40. The molecule has 108 valence electrons. The Morgan fingerprint density at radius 2 is 1.94 bits per heavy atom. The molecular formula is C14H29NO3. The number of methoxy groups -OCH3 is 1. The molecule has 4 nitrogen and oxygen atoms in total. The van der Waals surface area contributed by atoms with Crippen LogP contribution in [0.3, 0.4) is 0 Å². The van der Waals surface area contributed by atoms with Crippen molar-refractivity contribution in [3.63, 3.8) is 0 Å². The lowest BCUT2D eigenvalue weighted by Gasteiger charge is -2.30. The molecule has 0 aromatic carbocycles. The van der Waals surface area contributed by atoms with Crippen molar-refractivity contribution < 1.29 is 14.2 Å². The Morgan fingerprint density at radius 1 is 1.33 bits per heavy atom. The first kappa shape index (κ1) is 15.9. The van der Waals surface area contributed by atoms with E-state index >= 15 is 0 Å². The van der Waals surface area contributed by atoms with Crippen molar-refractivity contribution in [2.24, 2.45) is 11.7 Å². The summed E-state index contributed by atoms with van der Waals surface area (Å²) in [5.41, 5.74) is 6.01. The van der Waals surface area contributed by atoms with Crippen LogP contribution in [0.5, 0.6) is 0 Å². The van der Waals surface area contributed by atoms with Gasteiger partial charge in [-0.15, -0.1) is 0 Å². The Labute approximate surface area is 111 Å². The summed E-state index contributed by atoms with van der Waals surface area (Å²) < 4.78 is 17.1. The Balaban J connectivity index is 2.50. The minimum absolute atomic E-state index is 0.0575. The minimum atomic E-state index is -0.161. The monoisotopic (exact) mass is 259 g/mol. The van der Waals surface area contributed by atoms with Crippen LogP contribution in [0.4, 0.5) is 0 Å². The zero-order valence-corrected chi connectivity index (χ0v) is 12.6. The van der Waals surface area contributed by atoms with Crippen molar-refractivity contribution in [1.29, 1.82) is 0 Å². The molecule has 0 bridgehead atoms. The molecule has 1 aliphatic carbocycles. The normalized spacial score (nSPS) is 34.8. The van der Waals surface area contributed by atoms with E-state index in [2.05, 4.69) is 27.7 Å². The van der Waals surface area contributed by atoms with E-state index < -0.39 is 0 Å². The van der Waals surface area contributed by atoms with Crippen molar-refractivity contribution in [3.8, 4) is 0 Å². The third kappa shape index (κ3) is 4.50. The molecule has 0 saturated heterocycles. The van der Waals surface area contributed by atoms with E-state index in [9.17, 15) is 0 Å². The fraction of sp³-hybridized carbons (Fsp3) is 1.00. The highest BCUT2D eigenvalue weighted by molar-refractivity contribution is 4.94. The summed E-state index contributed by atoms with van der Waals surface area (Å²) in [6.45, 7) is 11.0. The second kappa shape index (κ2) is 6.33. The molecule has 1 fully saturated rings. The summed E-state index contributed by atoms with van der Waals surface area (Å²) in [4.78, 5) is 0. The minimum Gasteiger partial charge on any atom is -0.379 e. The predicted molar refractivity (Wildman–Crippen MR) is 72.6 cm³/mol. The molecule has 0 amide bonds. The van der Waals surface area contributed by atoms with E-state index in [-0.39, 0.29) is 30.0 Å². The van der Waals surface area contributed by atoms with Crippen molar-refractivity contribution in [2.45, 2.75) is 71.0 Å². The number of ether oxygens (including phenoxy) is 3. The number of hydrogen-bond acceptors (Lipinski definition) is 4. The first-order chi connectivity index (χ1) is 8.24. The summed E-state index contributed by atoms with van der Waals surface area (Å²) in [5, 5.41) is 0. The van der Waals surface area contributed by atoms with Crippen LogP contribution in [0, 0.1) is 5.92 Å². The van der Waals surface area contributed by atoms with Gasteiger partial charge in [0.2, 0.25) is 0 Å². The fourth-order valence-electron chi connectivity index (χ4n) is 2.37. The maximum Gasteiger partial charge on any atom is 0.0784 e. The van der Waals surface area contributed by atoms with Gasteiger partial charge in [0, 0.05) is 19.1 Å². The summed E-state index contributed by atoms with van der Waals surface area (Å²) in [7, 11) is 1.70. The highest BCUT2D eigenvalue weighted by atomic mass is 16.5. The summed E-state index contributed by atoms with van der Waals surface area (Å²) in [6.07, 6.45) is 1.23. The Morgan fingerprint density at radius 3 is 2.44 bits per heavy atom. The first-order valence-electron chi connectivity index (χ1n) is 6.82. The molecule has 1 saturated carbocycles. The topological polar surface area (TPSA) is 53.7 Å². The van der Waals surface area contributed by atoms with Gasteiger partial charge in [-0.3, -0.25) is 0 Å². The number of rotatable bonds is 5. The van der Waals surface area contributed by atoms with Gasteiger partial charge in [-0.25, -0.2) is 0 Å². The molecule has 5 atom stereocenters. The molecule has 0 aliphatic heterocycles. The Hall–Kier alpha value is -0.160. The zero-order chi connectivity index (χ0) is 13.9. The van der Waals surface area contributed by atoms with E-state index in [1.165, 1.54) is 0 Å². The maximum absolute atomic E-state index is 6.17. The average Bonchev–Trinajstić information content (AvgIpc) is 2.51. The molecule has 2 N–H and O–H groups in total. The smallest absolute Gasteiger partial charge is 0.0784 e. The molecule has 0 heterocycles. The third-order valence-electron chi connectivity index (χ3n) is 3.47. The highest BCUT2D eigenvalue weighted by Crippen LogP contribution is 2.32. The molecule has 4 heteroatoms. The Bertz CT molecular complexity index is 252. The average molecular weight is 259 g/mol. The van der Waals surface area contributed by atoms with E-state index in [1.54, 1.807) is 7.11 Å². The molecule has 1 aliphatic rings. The van der Waals surface area contributed by atoms with Crippen molar-refractivity contribution in [2.75, 3.05) is 13.7 Å². The molecule has 1 rings (SSSR count). The number of hydrogen-bond donors (Lipinski definition) is 1. The van der Waals surface area contributed by atoms with E-state index in [0.29, 0.717) is 12.5 Å². The van der Waals surface area contributed by atoms with Gasteiger partial charge >= 0.3 is 0 Å². The molecule has 0 spiro atoms. The van der Waals surface area contributed by atoms with Crippen LogP contribution in [-0.2, 0) is 14.2 Å². The molecule has 5 unspecified atom stereocenters. The van der Waals surface area contributed by atoms with Gasteiger partial charge in [0.05, 0.1) is 30.5 Å². The van der Waals surface area contributed by atoms with Gasteiger partial charge in [-0.2, -0.15) is 0 Å². The van der Waals surface area contributed by atoms with Gasteiger partial charge in [0.1, 0.15) is 0 Å². The van der Waals surface area contributed by atoms with E-state index in [1.807, 2.05) is 6.92 Å². The molecule has 18 heavy (non-hydrogen) atoms. The van der Waals surface area contributed by atoms with Crippen LogP contribution >= 0.6 is 0 Å². The van der Waals surface area contributed by atoms with Crippen molar-refractivity contribution in [3.05, 3.63) is 0 Å². The van der Waals surface area contributed by atoms with E-state index in [4.69, 9.17) is 19.9 Å². The van der Waals surface area contributed by atoms with Crippen LogP contribution in [0.15, 0.2) is 0 Å². The summed E-state index contributed by atoms with van der Waals surface area (Å²) in [5.74, 6) is 0.322. The molecule has 0 radical (unpaired) electrons. The second-order valence-corrected chi connectivity index (χ2v) is 6.37. The van der Waals surface area contributed by atoms with Gasteiger partial charge in [0.15, 0.2) is 0 Å². The SMILES string of the molecule is COC(C)COC1CC(N)C(OC(C)(C)C)C1C. The molecular weight excluding hydrogens is 230 g/mol. The van der Waals surface area contributed by atoms with Crippen LogP contribution in [0.2, 0.25) is 0 Å². The van der Waals surface area contributed by atoms with Crippen molar-refractivity contribution >= 4 is 0 Å². The van der Waals surface area contributed by atoms with Crippen molar-refractivity contribution in [1.82, 2.24) is 0 Å². The molecule has 0 aromatic rings. The first-order valence-corrected chi connectivity index (χ1v) is 6.82. The fourth-order valence-corrected chi connectivity index (χ4v) is 2.37. The maximum atomic E-state index is 6.17. The Kier molecular flexibility index (Phi) is 5.59. The van der Waals surface area contributed by atoms with Crippen LogP contribution in [-0.4, -0.2) is 43.7 Å². The standard InChI is InChI=1S/C14H29NO3/c1-9(16-6)8-17-12-7-11(15)13(10(12)2)18-14(3,4)5/h9-13H,7-8,15H2,1-6H3. The van der Waals surface area contributed by atoms with Crippen LogP contribution in [0.25, 0.3) is 0 Å². The van der Waals surface area contributed by atoms with Gasteiger partial charge < -0.3 is 19.9 Å². The van der Waals surface area contributed by atoms with Crippen LogP contribution in [0.1, 0.15) is 41.0 Å². The third-order valence-corrected chi connectivity index (χ3v) is 3.47. The summed E-state index contributed by atoms with van der Waals surface area (Å²) >= 11 is 0. The highest BCUT2D eigenvalue weighted by Gasteiger charge is 2.42. The van der Waals surface area contributed by atoms with E-state index in [0.717, 1.165) is 6.42 Å². The predicted octanol–water partition coefficient (Wildman–Crippen LogP) is 1.96. The van der Waals surface area contributed by atoms with Gasteiger partial charge in [-0.05, 0) is 34.1 Å². The number of nitrogens with two attached hydrogens (primary N) is 1. The zero-order valence-electron chi connectivity index (χ0n) is 12.6. The lowest BCUT2D eigenvalue weighted by atomic mass is 10.0. The second-order valence-electron chi connectivity index (χ2n) is 6.37. The largest absolute Gasteiger partial charge is 0.379 e. The van der Waals surface area contributed by atoms with Gasteiger partial charge in [-0.1, -0.05) is 6.92 Å². The summed E-state index contributed by atoms with van der Waals surface area (Å²) in [6, 6.07) is 0.0575. The van der Waals surface area contributed by atoms with Crippen LogP contribution < -0.4 is 5.73 Å². The lowest BCUT2D eigenvalue weighted by molar-refractivity contribution is -0.0969. The van der Waals surface area contributed by atoms with Gasteiger partial charge in [0.25, 0.3) is 0 Å². The quantitative estimate of drug-likeness (QED) is 0.820. The molecule has 0 aromatic heterocycles.